The molecular formula is C14H22ClN3O. The predicted octanol–water partition coefficient (Wildman–Crippen LogP) is 3.22. The van der Waals surface area contributed by atoms with Crippen LogP contribution in [0.15, 0.2) is 11.0 Å². The van der Waals surface area contributed by atoms with E-state index in [1.54, 1.807) is 6.20 Å². The Balaban J connectivity index is 2.03. The van der Waals surface area contributed by atoms with Gasteiger partial charge in [0.1, 0.15) is 5.02 Å². The van der Waals surface area contributed by atoms with Crippen LogP contribution in [0.3, 0.4) is 0 Å². The molecule has 1 aliphatic carbocycles. The summed E-state index contributed by atoms with van der Waals surface area (Å²) in [6.45, 7) is 2.25. The van der Waals surface area contributed by atoms with E-state index in [0.29, 0.717) is 6.04 Å². The van der Waals surface area contributed by atoms with Crippen LogP contribution >= 0.6 is 11.6 Å². The standard InChI is InChI=1S/C14H22ClN3O/c1-3-4-10-5-7-11(8-6-10)18(2)12-9-16-17-14(19)13(12)15/h9-11H,3-8H2,1-2H3,(H,17,19). The van der Waals surface area contributed by atoms with Crippen molar-refractivity contribution in [3.63, 3.8) is 0 Å². The lowest BCUT2D eigenvalue weighted by molar-refractivity contribution is 0.303. The number of H-pyrrole nitrogens is 1. The van der Waals surface area contributed by atoms with E-state index in [1.807, 2.05) is 7.05 Å². The van der Waals surface area contributed by atoms with Crippen molar-refractivity contribution in [3.05, 3.63) is 21.6 Å². The second kappa shape index (κ2) is 6.42. The third-order valence-corrected chi connectivity index (χ3v) is 4.58. The van der Waals surface area contributed by atoms with Crippen molar-refractivity contribution >= 4 is 17.3 Å². The molecule has 0 spiro atoms. The Morgan fingerprint density at radius 3 is 2.74 bits per heavy atom. The van der Waals surface area contributed by atoms with Gasteiger partial charge in [-0.25, -0.2) is 5.10 Å². The Kier molecular flexibility index (Phi) is 4.86. The third-order valence-electron chi connectivity index (χ3n) is 4.22. The van der Waals surface area contributed by atoms with E-state index in [4.69, 9.17) is 11.6 Å². The van der Waals surface area contributed by atoms with Crippen molar-refractivity contribution < 1.29 is 0 Å². The highest BCUT2D eigenvalue weighted by Crippen LogP contribution is 2.32. The van der Waals surface area contributed by atoms with Crippen LogP contribution in [0.4, 0.5) is 5.69 Å². The zero-order chi connectivity index (χ0) is 13.8. The van der Waals surface area contributed by atoms with Crippen LogP contribution in [0.5, 0.6) is 0 Å². The molecule has 1 aliphatic rings. The Bertz CT molecular complexity index is 466. The summed E-state index contributed by atoms with van der Waals surface area (Å²) in [6.07, 6.45) is 9.14. The topological polar surface area (TPSA) is 49.0 Å². The lowest BCUT2D eigenvalue weighted by atomic mass is 9.83. The smallest absolute Gasteiger partial charge is 0.285 e. The van der Waals surface area contributed by atoms with Gasteiger partial charge in [-0.2, -0.15) is 5.10 Å². The maximum Gasteiger partial charge on any atom is 0.285 e. The molecule has 1 N–H and O–H groups in total. The van der Waals surface area contributed by atoms with Gasteiger partial charge in [-0.15, -0.1) is 0 Å². The van der Waals surface area contributed by atoms with Gasteiger partial charge in [0, 0.05) is 13.1 Å². The first-order valence-electron chi connectivity index (χ1n) is 7.09. The first kappa shape index (κ1) is 14.4. The number of nitrogens with zero attached hydrogens (tertiary/aromatic N) is 2. The highest BCUT2D eigenvalue weighted by molar-refractivity contribution is 6.32. The summed E-state index contributed by atoms with van der Waals surface area (Å²) in [5.41, 5.74) is 0.426. The molecule has 1 saturated carbocycles. The van der Waals surface area contributed by atoms with Crippen molar-refractivity contribution in [1.29, 1.82) is 0 Å². The van der Waals surface area contributed by atoms with Crippen LogP contribution in [0.1, 0.15) is 45.4 Å². The molecule has 0 aliphatic heterocycles. The summed E-state index contributed by atoms with van der Waals surface area (Å²) in [5.74, 6) is 0.877. The van der Waals surface area contributed by atoms with Crippen LogP contribution in [0.2, 0.25) is 5.02 Å². The highest BCUT2D eigenvalue weighted by Gasteiger charge is 2.25. The third kappa shape index (κ3) is 3.30. The minimum absolute atomic E-state index is 0.244. The van der Waals surface area contributed by atoms with Gasteiger partial charge in [0.2, 0.25) is 0 Å². The summed E-state index contributed by atoms with van der Waals surface area (Å²) in [5, 5.41) is 6.44. The van der Waals surface area contributed by atoms with Gasteiger partial charge in [0.25, 0.3) is 5.56 Å². The van der Waals surface area contributed by atoms with Crippen molar-refractivity contribution in [2.45, 2.75) is 51.5 Å². The number of rotatable bonds is 4. The first-order valence-corrected chi connectivity index (χ1v) is 7.47. The number of halogens is 1. The molecule has 1 aromatic heterocycles. The molecule has 0 atom stereocenters. The number of hydrogen-bond donors (Lipinski definition) is 1. The van der Waals surface area contributed by atoms with Gasteiger partial charge in [-0.05, 0) is 31.6 Å². The van der Waals surface area contributed by atoms with Crippen LogP contribution in [-0.4, -0.2) is 23.3 Å². The summed E-state index contributed by atoms with van der Waals surface area (Å²) in [7, 11) is 2.01. The molecule has 4 nitrogen and oxygen atoms in total. The van der Waals surface area contributed by atoms with E-state index in [1.165, 1.54) is 38.5 Å². The minimum Gasteiger partial charge on any atom is -0.369 e. The van der Waals surface area contributed by atoms with Crippen LogP contribution < -0.4 is 10.5 Å². The molecule has 0 radical (unpaired) electrons. The van der Waals surface area contributed by atoms with Crippen LogP contribution in [0.25, 0.3) is 0 Å². The van der Waals surface area contributed by atoms with Crippen LogP contribution in [-0.2, 0) is 0 Å². The molecule has 0 unspecified atom stereocenters. The number of hydrogen-bond acceptors (Lipinski definition) is 3. The van der Waals surface area contributed by atoms with Gasteiger partial charge in [0.15, 0.2) is 0 Å². The quantitative estimate of drug-likeness (QED) is 0.923. The zero-order valence-corrected chi connectivity index (χ0v) is 12.4. The summed E-state index contributed by atoms with van der Waals surface area (Å²) < 4.78 is 0. The monoisotopic (exact) mass is 283 g/mol. The van der Waals surface area contributed by atoms with Crippen molar-refractivity contribution in [2.75, 3.05) is 11.9 Å². The summed E-state index contributed by atoms with van der Waals surface area (Å²) >= 11 is 6.06. The molecule has 0 aromatic carbocycles. The van der Waals surface area contributed by atoms with Crippen molar-refractivity contribution in [3.8, 4) is 0 Å². The number of aromatic amines is 1. The molecular weight excluding hydrogens is 262 g/mol. The lowest BCUT2D eigenvalue weighted by Crippen LogP contribution is -2.36. The van der Waals surface area contributed by atoms with Crippen LogP contribution in [0, 0.1) is 5.92 Å². The predicted molar refractivity (Wildman–Crippen MR) is 78.9 cm³/mol. The fraction of sp³-hybridized carbons (Fsp3) is 0.714. The maximum atomic E-state index is 11.5. The Morgan fingerprint density at radius 1 is 1.42 bits per heavy atom. The largest absolute Gasteiger partial charge is 0.369 e. The van der Waals surface area contributed by atoms with E-state index in [2.05, 4.69) is 22.0 Å². The van der Waals surface area contributed by atoms with Gasteiger partial charge in [-0.1, -0.05) is 31.4 Å². The van der Waals surface area contributed by atoms with E-state index < -0.39 is 0 Å². The molecule has 106 valence electrons. The second-order valence-electron chi connectivity index (χ2n) is 5.47. The minimum atomic E-state index is -0.314. The SMILES string of the molecule is CCCC1CCC(N(C)c2cn[nH]c(=O)c2Cl)CC1. The van der Waals surface area contributed by atoms with E-state index in [-0.39, 0.29) is 10.6 Å². The summed E-state index contributed by atoms with van der Waals surface area (Å²) in [6, 6.07) is 0.467. The average Bonchev–Trinajstić information content (AvgIpc) is 2.42. The number of anilines is 1. The molecule has 19 heavy (non-hydrogen) atoms. The molecule has 0 bridgehead atoms. The molecule has 1 aromatic rings. The van der Waals surface area contributed by atoms with Crippen molar-refractivity contribution in [1.82, 2.24) is 10.2 Å². The zero-order valence-electron chi connectivity index (χ0n) is 11.7. The number of nitrogens with one attached hydrogen (secondary N) is 1. The normalized spacial score (nSPS) is 23.3. The second-order valence-corrected chi connectivity index (χ2v) is 5.85. The molecule has 1 heterocycles. The lowest BCUT2D eigenvalue weighted by Gasteiger charge is -2.36. The van der Waals surface area contributed by atoms with E-state index >= 15 is 0 Å². The van der Waals surface area contributed by atoms with Gasteiger partial charge >= 0.3 is 0 Å². The Morgan fingerprint density at radius 2 is 2.11 bits per heavy atom. The first-order chi connectivity index (χ1) is 9.13. The van der Waals surface area contributed by atoms with E-state index in [9.17, 15) is 4.79 Å². The summed E-state index contributed by atoms with van der Waals surface area (Å²) in [4.78, 5) is 13.6. The van der Waals surface area contributed by atoms with Crippen molar-refractivity contribution in [2.24, 2.45) is 5.92 Å². The maximum absolute atomic E-state index is 11.5. The fourth-order valence-electron chi connectivity index (χ4n) is 3.05. The molecule has 5 heteroatoms. The Labute approximate surface area is 119 Å². The molecule has 1 fully saturated rings. The highest BCUT2D eigenvalue weighted by atomic mass is 35.5. The molecule has 0 amide bonds. The van der Waals surface area contributed by atoms with Gasteiger partial charge in [0.05, 0.1) is 11.9 Å². The Hall–Kier alpha value is -1.03. The molecule has 2 rings (SSSR count). The number of aromatic nitrogens is 2. The van der Waals surface area contributed by atoms with E-state index in [0.717, 1.165) is 11.6 Å². The molecule has 0 saturated heterocycles. The average molecular weight is 284 g/mol. The fourth-order valence-corrected chi connectivity index (χ4v) is 3.27. The van der Waals surface area contributed by atoms with Gasteiger partial charge < -0.3 is 4.90 Å². The van der Waals surface area contributed by atoms with Gasteiger partial charge in [-0.3, -0.25) is 4.79 Å².